The molecule has 0 aromatic heterocycles. The lowest BCUT2D eigenvalue weighted by Crippen LogP contribution is -2.52. The van der Waals surface area contributed by atoms with Gasteiger partial charge < -0.3 is 4.90 Å². The van der Waals surface area contributed by atoms with Crippen LogP contribution >= 0.6 is 0 Å². The standard InChI is InChI=1S/C14H14F3N3O2/c15-10-5-8(1-2-9(10)12(16)17)6-19-3-4-20-11(7-19)13(21)18-14(20)22/h1-2,5,11-12H,3-4,6-7H2,(H,18,21,22). The van der Waals surface area contributed by atoms with E-state index in [1.54, 1.807) is 0 Å². The molecule has 2 aliphatic rings. The molecule has 2 fully saturated rings. The zero-order valence-electron chi connectivity index (χ0n) is 11.6. The zero-order chi connectivity index (χ0) is 15.9. The van der Waals surface area contributed by atoms with Crippen molar-refractivity contribution in [3.05, 3.63) is 35.1 Å². The Balaban J connectivity index is 1.68. The molecular formula is C14H14F3N3O2. The molecule has 5 nitrogen and oxygen atoms in total. The first-order chi connectivity index (χ1) is 10.5. The molecule has 3 amide bonds. The number of nitrogens with zero attached hydrogens (tertiary/aromatic N) is 2. The topological polar surface area (TPSA) is 52.7 Å². The summed E-state index contributed by atoms with van der Waals surface area (Å²) in [5, 5.41) is 2.25. The van der Waals surface area contributed by atoms with Crippen molar-refractivity contribution >= 4 is 11.9 Å². The number of urea groups is 1. The van der Waals surface area contributed by atoms with Crippen molar-refractivity contribution in [1.29, 1.82) is 0 Å². The highest BCUT2D eigenvalue weighted by Crippen LogP contribution is 2.24. The fraction of sp³-hybridized carbons (Fsp3) is 0.429. The molecule has 8 heteroatoms. The molecule has 0 radical (unpaired) electrons. The summed E-state index contributed by atoms with van der Waals surface area (Å²) in [5.41, 5.74) is -0.0607. The summed E-state index contributed by atoms with van der Waals surface area (Å²) in [6.45, 7) is 1.62. The van der Waals surface area contributed by atoms with Gasteiger partial charge in [0, 0.05) is 26.2 Å². The first kappa shape index (κ1) is 14.8. The van der Waals surface area contributed by atoms with E-state index in [-0.39, 0.29) is 11.9 Å². The third kappa shape index (κ3) is 2.66. The van der Waals surface area contributed by atoms with Gasteiger partial charge in [0.15, 0.2) is 0 Å². The molecule has 0 bridgehead atoms. The van der Waals surface area contributed by atoms with Gasteiger partial charge in [-0.3, -0.25) is 15.0 Å². The van der Waals surface area contributed by atoms with Crippen molar-refractivity contribution in [1.82, 2.24) is 15.1 Å². The molecule has 1 N–H and O–H groups in total. The summed E-state index contributed by atoms with van der Waals surface area (Å²) in [6, 6.07) is 2.70. The lowest BCUT2D eigenvalue weighted by Gasteiger charge is -2.35. The monoisotopic (exact) mass is 313 g/mol. The molecule has 1 unspecified atom stereocenters. The van der Waals surface area contributed by atoms with Crippen molar-refractivity contribution < 1.29 is 22.8 Å². The van der Waals surface area contributed by atoms with Crippen LogP contribution in [0, 0.1) is 5.82 Å². The van der Waals surface area contributed by atoms with Crippen molar-refractivity contribution in [3.63, 3.8) is 0 Å². The number of rotatable bonds is 3. The fourth-order valence-electron chi connectivity index (χ4n) is 2.82. The first-order valence-corrected chi connectivity index (χ1v) is 6.86. The van der Waals surface area contributed by atoms with Crippen LogP contribution in [0.1, 0.15) is 17.6 Å². The number of alkyl halides is 2. The number of nitrogens with one attached hydrogen (secondary N) is 1. The summed E-state index contributed by atoms with van der Waals surface area (Å²) in [7, 11) is 0. The van der Waals surface area contributed by atoms with Gasteiger partial charge in [-0.05, 0) is 11.6 Å². The molecule has 2 heterocycles. The highest BCUT2D eigenvalue weighted by molar-refractivity contribution is 6.04. The largest absolute Gasteiger partial charge is 0.324 e. The van der Waals surface area contributed by atoms with Gasteiger partial charge in [-0.1, -0.05) is 12.1 Å². The van der Waals surface area contributed by atoms with E-state index in [2.05, 4.69) is 5.32 Å². The van der Waals surface area contributed by atoms with E-state index in [0.717, 1.165) is 12.1 Å². The van der Waals surface area contributed by atoms with E-state index in [1.807, 2.05) is 4.90 Å². The van der Waals surface area contributed by atoms with Crippen molar-refractivity contribution in [3.8, 4) is 0 Å². The van der Waals surface area contributed by atoms with Crippen molar-refractivity contribution in [2.24, 2.45) is 0 Å². The maximum Gasteiger partial charge on any atom is 0.324 e. The Labute approximate surface area is 124 Å². The Hall–Kier alpha value is -2.09. The van der Waals surface area contributed by atoms with Gasteiger partial charge in [-0.2, -0.15) is 0 Å². The number of imide groups is 1. The Morgan fingerprint density at radius 1 is 1.27 bits per heavy atom. The van der Waals surface area contributed by atoms with Gasteiger partial charge in [-0.25, -0.2) is 18.0 Å². The van der Waals surface area contributed by atoms with Gasteiger partial charge in [0.1, 0.15) is 11.9 Å². The second-order valence-corrected chi connectivity index (χ2v) is 5.40. The molecule has 2 saturated heterocycles. The van der Waals surface area contributed by atoms with Crippen molar-refractivity contribution in [2.45, 2.75) is 19.0 Å². The summed E-state index contributed by atoms with van der Waals surface area (Å²) >= 11 is 0. The number of hydrogen-bond donors (Lipinski definition) is 1. The lowest BCUT2D eigenvalue weighted by atomic mass is 10.1. The summed E-state index contributed by atoms with van der Waals surface area (Å²) in [5.74, 6) is -1.27. The van der Waals surface area contributed by atoms with Gasteiger partial charge in [0.25, 0.3) is 12.3 Å². The third-order valence-corrected chi connectivity index (χ3v) is 3.96. The summed E-state index contributed by atoms with van der Waals surface area (Å²) in [4.78, 5) is 26.5. The first-order valence-electron chi connectivity index (χ1n) is 6.86. The van der Waals surface area contributed by atoms with Crippen LogP contribution < -0.4 is 5.32 Å². The predicted molar refractivity (Wildman–Crippen MR) is 70.7 cm³/mol. The molecule has 1 aromatic carbocycles. The second-order valence-electron chi connectivity index (χ2n) is 5.40. The summed E-state index contributed by atoms with van der Waals surface area (Å²) < 4.78 is 38.6. The molecule has 22 heavy (non-hydrogen) atoms. The Morgan fingerprint density at radius 2 is 2.05 bits per heavy atom. The van der Waals surface area contributed by atoms with Crippen molar-refractivity contribution in [2.75, 3.05) is 19.6 Å². The Bertz CT molecular complexity index is 623. The second kappa shape index (κ2) is 5.60. The number of halogens is 3. The molecule has 118 valence electrons. The van der Waals surface area contributed by atoms with Crippen LogP contribution in [0.2, 0.25) is 0 Å². The highest BCUT2D eigenvalue weighted by atomic mass is 19.3. The number of fused-ring (bicyclic) bond motifs is 1. The van der Waals surface area contributed by atoms with E-state index < -0.39 is 23.8 Å². The summed E-state index contributed by atoms with van der Waals surface area (Å²) in [6.07, 6.45) is -2.84. The van der Waals surface area contributed by atoms with Gasteiger partial charge in [-0.15, -0.1) is 0 Å². The normalized spacial score (nSPS) is 22.2. The minimum absolute atomic E-state index is 0.339. The van der Waals surface area contributed by atoms with E-state index >= 15 is 0 Å². The molecule has 2 aliphatic heterocycles. The third-order valence-electron chi connectivity index (χ3n) is 3.96. The zero-order valence-corrected chi connectivity index (χ0v) is 11.6. The van der Waals surface area contributed by atoms with Crippen LogP contribution in [0.3, 0.4) is 0 Å². The van der Waals surface area contributed by atoms with E-state index in [1.165, 1.54) is 11.0 Å². The van der Waals surface area contributed by atoms with Crippen LogP contribution in [-0.2, 0) is 11.3 Å². The minimum atomic E-state index is -2.84. The van der Waals surface area contributed by atoms with Crippen LogP contribution in [0.4, 0.5) is 18.0 Å². The Morgan fingerprint density at radius 3 is 2.73 bits per heavy atom. The molecular weight excluding hydrogens is 299 g/mol. The van der Waals surface area contributed by atoms with E-state index in [0.29, 0.717) is 31.7 Å². The quantitative estimate of drug-likeness (QED) is 0.861. The molecule has 0 aliphatic carbocycles. The SMILES string of the molecule is O=C1NC(=O)N2CCN(Cc3ccc(C(F)F)c(F)c3)CC12. The number of amides is 3. The molecule has 1 atom stereocenters. The maximum absolute atomic E-state index is 13.6. The Kier molecular flexibility index (Phi) is 3.78. The van der Waals surface area contributed by atoms with Gasteiger partial charge in [0.2, 0.25) is 0 Å². The average molecular weight is 313 g/mol. The van der Waals surface area contributed by atoms with Gasteiger partial charge >= 0.3 is 6.03 Å². The van der Waals surface area contributed by atoms with Crippen LogP contribution in [0.25, 0.3) is 0 Å². The molecule has 0 spiro atoms. The van der Waals surface area contributed by atoms with E-state index in [4.69, 9.17) is 0 Å². The van der Waals surface area contributed by atoms with Gasteiger partial charge in [0.05, 0.1) is 5.56 Å². The molecule has 1 aromatic rings. The average Bonchev–Trinajstić information content (AvgIpc) is 2.73. The van der Waals surface area contributed by atoms with Crippen LogP contribution in [0.5, 0.6) is 0 Å². The minimum Gasteiger partial charge on any atom is -0.310 e. The number of benzene rings is 1. The smallest absolute Gasteiger partial charge is 0.310 e. The number of piperazine rings is 1. The number of hydrogen-bond acceptors (Lipinski definition) is 3. The highest BCUT2D eigenvalue weighted by Gasteiger charge is 2.41. The number of carbonyl (C=O) groups excluding carboxylic acids is 2. The molecule has 3 rings (SSSR count). The predicted octanol–water partition coefficient (Wildman–Crippen LogP) is 1.50. The van der Waals surface area contributed by atoms with Crippen LogP contribution in [0.15, 0.2) is 18.2 Å². The maximum atomic E-state index is 13.6. The molecule has 0 saturated carbocycles. The van der Waals surface area contributed by atoms with Crippen LogP contribution in [-0.4, -0.2) is 47.4 Å². The lowest BCUT2D eigenvalue weighted by molar-refractivity contribution is -0.122. The van der Waals surface area contributed by atoms with E-state index in [9.17, 15) is 22.8 Å². The fourth-order valence-corrected chi connectivity index (χ4v) is 2.82. The number of carbonyl (C=O) groups is 2.